The van der Waals surface area contributed by atoms with Crippen molar-refractivity contribution >= 4 is 5.91 Å². The van der Waals surface area contributed by atoms with Crippen LogP contribution in [0.4, 0.5) is 0 Å². The van der Waals surface area contributed by atoms with Gasteiger partial charge in [0.1, 0.15) is 5.75 Å². The van der Waals surface area contributed by atoms with Crippen LogP contribution in [0, 0.1) is 0 Å². The van der Waals surface area contributed by atoms with Crippen LogP contribution >= 0.6 is 0 Å². The summed E-state index contributed by atoms with van der Waals surface area (Å²) in [7, 11) is 0. The normalized spacial score (nSPS) is 12.1. The molecule has 1 aromatic carbocycles. The minimum absolute atomic E-state index is 0.000223. The van der Waals surface area contributed by atoms with Crippen LogP contribution in [-0.2, 0) is 16.0 Å². The Kier molecular flexibility index (Phi) is 5.49. The molecule has 1 rings (SSSR count). The number of hydrogen-bond donors (Lipinski definition) is 2. The molecule has 1 amide bonds. The van der Waals surface area contributed by atoms with E-state index in [1.165, 1.54) is 0 Å². The predicted molar refractivity (Wildman–Crippen MR) is 65.9 cm³/mol. The molecular weight excluding hydrogens is 218 g/mol. The Morgan fingerprint density at radius 2 is 2.29 bits per heavy atom. The maximum Gasteiger partial charge on any atom is 0.224 e. The number of carbonyl (C=O) groups excluding carboxylic acids is 1. The zero-order valence-electron chi connectivity index (χ0n) is 10.3. The number of ether oxygens (including phenoxy) is 1. The highest BCUT2D eigenvalue weighted by Gasteiger charge is 2.08. The van der Waals surface area contributed by atoms with Crippen molar-refractivity contribution in [2.75, 3.05) is 13.2 Å². The van der Waals surface area contributed by atoms with Crippen molar-refractivity contribution in [3.8, 4) is 5.75 Å². The van der Waals surface area contributed by atoms with E-state index in [9.17, 15) is 9.90 Å². The van der Waals surface area contributed by atoms with E-state index in [1.807, 2.05) is 19.9 Å². The average molecular weight is 237 g/mol. The monoisotopic (exact) mass is 237 g/mol. The van der Waals surface area contributed by atoms with Crippen LogP contribution in [0.25, 0.3) is 0 Å². The average Bonchev–Trinajstić information content (AvgIpc) is 2.26. The van der Waals surface area contributed by atoms with E-state index in [0.717, 1.165) is 5.56 Å². The summed E-state index contributed by atoms with van der Waals surface area (Å²) in [6.45, 7) is 4.98. The molecule has 4 heteroatoms. The second-order valence-electron chi connectivity index (χ2n) is 3.97. The Hall–Kier alpha value is -1.55. The summed E-state index contributed by atoms with van der Waals surface area (Å²) in [6, 6.07) is 6.71. The zero-order valence-corrected chi connectivity index (χ0v) is 10.3. The van der Waals surface area contributed by atoms with E-state index in [0.29, 0.717) is 13.2 Å². The van der Waals surface area contributed by atoms with Crippen LogP contribution in [0.3, 0.4) is 0 Å². The zero-order chi connectivity index (χ0) is 12.7. The van der Waals surface area contributed by atoms with Gasteiger partial charge in [-0.25, -0.2) is 0 Å². The third-order valence-corrected chi connectivity index (χ3v) is 2.25. The fourth-order valence-electron chi connectivity index (χ4n) is 1.51. The predicted octanol–water partition coefficient (Wildman–Crippen LogP) is 1.48. The summed E-state index contributed by atoms with van der Waals surface area (Å²) in [5, 5.41) is 12.1. The van der Waals surface area contributed by atoms with E-state index < -0.39 is 0 Å². The molecule has 0 saturated heterocycles. The fourth-order valence-corrected chi connectivity index (χ4v) is 1.51. The SMILES string of the molecule is CCOCC(C)NC(=O)Cc1cccc(O)c1. The summed E-state index contributed by atoms with van der Waals surface area (Å²) in [6.07, 6.45) is 0.269. The number of nitrogens with one attached hydrogen (secondary N) is 1. The molecule has 4 nitrogen and oxygen atoms in total. The number of phenolic OH excluding ortho intramolecular Hbond substituents is 1. The van der Waals surface area contributed by atoms with Gasteiger partial charge in [-0.05, 0) is 31.5 Å². The molecular formula is C13H19NO3. The number of carbonyl (C=O) groups is 1. The van der Waals surface area contributed by atoms with E-state index in [2.05, 4.69) is 5.32 Å². The summed E-state index contributed by atoms with van der Waals surface area (Å²) < 4.78 is 5.21. The molecule has 1 atom stereocenters. The molecule has 0 aliphatic rings. The van der Waals surface area contributed by atoms with Crippen LogP contribution in [0.1, 0.15) is 19.4 Å². The minimum atomic E-state index is -0.0668. The second-order valence-corrected chi connectivity index (χ2v) is 3.97. The second kappa shape index (κ2) is 6.91. The molecule has 0 fully saturated rings. The van der Waals surface area contributed by atoms with Gasteiger partial charge in [0.25, 0.3) is 0 Å². The van der Waals surface area contributed by atoms with Crippen LogP contribution < -0.4 is 5.32 Å². The van der Waals surface area contributed by atoms with Crippen molar-refractivity contribution in [3.63, 3.8) is 0 Å². The Labute approximate surface area is 102 Å². The first-order valence-corrected chi connectivity index (χ1v) is 5.76. The largest absolute Gasteiger partial charge is 0.508 e. The number of hydrogen-bond acceptors (Lipinski definition) is 3. The van der Waals surface area contributed by atoms with Crippen LogP contribution in [0.15, 0.2) is 24.3 Å². The van der Waals surface area contributed by atoms with Gasteiger partial charge in [-0.1, -0.05) is 12.1 Å². The molecule has 0 aromatic heterocycles. The molecule has 0 spiro atoms. The molecule has 0 aliphatic carbocycles. The molecule has 0 bridgehead atoms. The number of phenols is 1. The lowest BCUT2D eigenvalue weighted by atomic mass is 10.1. The van der Waals surface area contributed by atoms with Gasteiger partial charge in [-0.15, -0.1) is 0 Å². The van der Waals surface area contributed by atoms with Crippen LogP contribution in [-0.4, -0.2) is 30.3 Å². The lowest BCUT2D eigenvalue weighted by molar-refractivity contribution is -0.121. The molecule has 2 N–H and O–H groups in total. The molecule has 1 unspecified atom stereocenters. The minimum Gasteiger partial charge on any atom is -0.508 e. The first-order chi connectivity index (χ1) is 8.11. The summed E-state index contributed by atoms with van der Waals surface area (Å²) >= 11 is 0. The maximum atomic E-state index is 11.6. The van der Waals surface area contributed by atoms with Gasteiger partial charge in [0.15, 0.2) is 0 Å². The van der Waals surface area contributed by atoms with Gasteiger partial charge >= 0.3 is 0 Å². The maximum absolute atomic E-state index is 11.6. The lowest BCUT2D eigenvalue weighted by Crippen LogP contribution is -2.36. The first-order valence-electron chi connectivity index (χ1n) is 5.76. The summed E-state index contributed by atoms with van der Waals surface area (Å²) in [4.78, 5) is 11.6. The van der Waals surface area contributed by atoms with Gasteiger partial charge in [-0.3, -0.25) is 4.79 Å². The number of amides is 1. The molecule has 17 heavy (non-hydrogen) atoms. The number of benzene rings is 1. The fraction of sp³-hybridized carbons (Fsp3) is 0.462. The summed E-state index contributed by atoms with van der Waals surface area (Å²) in [5.74, 6) is 0.112. The van der Waals surface area contributed by atoms with Gasteiger partial charge in [0.2, 0.25) is 5.91 Å². The molecule has 0 radical (unpaired) electrons. The topological polar surface area (TPSA) is 58.6 Å². The van der Waals surface area contributed by atoms with E-state index in [-0.39, 0.29) is 24.1 Å². The van der Waals surface area contributed by atoms with Crippen LogP contribution in [0.2, 0.25) is 0 Å². The first kappa shape index (κ1) is 13.5. The Morgan fingerprint density at radius 1 is 1.53 bits per heavy atom. The highest BCUT2D eigenvalue weighted by molar-refractivity contribution is 5.78. The molecule has 0 saturated carbocycles. The smallest absolute Gasteiger partial charge is 0.224 e. The van der Waals surface area contributed by atoms with Gasteiger partial charge in [0.05, 0.1) is 13.0 Å². The Bertz CT molecular complexity index is 365. The molecule has 94 valence electrons. The summed E-state index contributed by atoms with van der Waals surface area (Å²) in [5.41, 5.74) is 0.797. The van der Waals surface area contributed by atoms with Crippen LogP contribution in [0.5, 0.6) is 5.75 Å². The van der Waals surface area contributed by atoms with Gasteiger partial charge in [0, 0.05) is 12.6 Å². The van der Waals surface area contributed by atoms with E-state index in [1.54, 1.807) is 18.2 Å². The van der Waals surface area contributed by atoms with Gasteiger partial charge < -0.3 is 15.2 Å². The molecule has 0 aliphatic heterocycles. The molecule has 0 heterocycles. The van der Waals surface area contributed by atoms with E-state index in [4.69, 9.17) is 4.74 Å². The lowest BCUT2D eigenvalue weighted by Gasteiger charge is -2.13. The van der Waals surface area contributed by atoms with Crippen molar-refractivity contribution in [3.05, 3.63) is 29.8 Å². The van der Waals surface area contributed by atoms with Crippen molar-refractivity contribution in [2.45, 2.75) is 26.3 Å². The van der Waals surface area contributed by atoms with Crippen molar-refractivity contribution in [1.29, 1.82) is 0 Å². The van der Waals surface area contributed by atoms with Crippen molar-refractivity contribution in [2.24, 2.45) is 0 Å². The highest BCUT2D eigenvalue weighted by Crippen LogP contribution is 2.11. The standard InChI is InChI=1S/C13H19NO3/c1-3-17-9-10(2)14-13(16)8-11-5-4-6-12(15)7-11/h4-7,10,15H,3,8-9H2,1-2H3,(H,14,16). The number of rotatable bonds is 6. The third kappa shape index (κ3) is 5.36. The highest BCUT2D eigenvalue weighted by atomic mass is 16.5. The van der Waals surface area contributed by atoms with Gasteiger partial charge in [-0.2, -0.15) is 0 Å². The van der Waals surface area contributed by atoms with Crippen molar-refractivity contribution < 1.29 is 14.6 Å². The Balaban J connectivity index is 2.39. The van der Waals surface area contributed by atoms with E-state index >= 15 is 0 Å². The molecule has 1 aromatic rings. The number of aromatic hydroxyl groups is 1. The third-order valence-electron chi connectivity index (χ3n) is 2.25. The Morgan fingerprint density at radius 3 is 2.94 bits per heavy atom. The quantitative estimate of drug-likeness (QED) is 0.787. The van der Waals surface area contributed by atoms with Crippen molar-refractivity contribution in [1.82, 2.24) is 5.32 Å².